The van der Waals surface area contributed by atoms with Gasteiger partial charge in [0.05, 0.1) is 18.1 Å². The maximum atomic E-state index is 6.11. The first-order chi connectivity index (χ1) is 10.2. The molecule has 1 spiro atoms. The Kier molecular flexibility index (Phi) is 3.53. The summed E-state index contributed by atoms with van der Waals surface area (Å²) in [6, 6.07) is 1.96. The van der Waals surface area contributed by atoms with Gasteiger partial charge in [0, 0.05) is 18.6 Å². The van der Waals surface area contributed by atoms with Crippen molar-refractivity contribution in [1.29, 1.82) is 0 Å². The molecule has 2 aromatic rings. The Morgan fingerprint density at radius 2 is 2.24 bits per heavy atom. The number of thiophene rings is 1. The molecule has 2 aliphatic rings. The van der Waals surface area contributed by atoms with Crippen LogP contribution in [0.5, 0.6) is 0 Å². The van der Waals surface area contributed by atoms with E-state index in [0.717, 1.165) is 34.0 Å². The second-order valence-corrected chi connectivity index (χ2v) is 7.39. The lowest BCUT2D eigenvalue weighted by atomic mass is 10.2. The molecule has 0 aromatic carbocycles. The van der Waals surface area contributed by atoms with Crippen molar-refractivity contribution in [3.63, 3.8) is 0 Å². The molecule has 1 saturated heterocycles. The van der Waals surface area contributed by atoms with Gasteiger partial charge in [-0.05, 0) is 24.3 Å². The van der Waals surface area contributed by atoms with Gasteiger partial charge in [-0.3, -0.25) is 0 Å². The zero-order valence-corrected chi connectivity index (χ0v) is 13.2. The summed E-state index contributed by atoms with van der Waals surface area (Å²) in [4.78, 5) is 9.85. The molecular formula is C14H17N3O2S2. The van der Waals surface area contributed by atoms with Gasteiger partial charge < -0.3 is 15.2 Å². The fourth-order valence-corrected chi connectivity index (χ4v) is 4.61. The number of anilines is 1. The van der Waals surface area contributed by atoms with Crippen LogP contribution in [0.2, 0.25) is 0 Å². The lowest BCUT2D eigenvalue weighted by Gasteiger charge is -2.21. The summed E-state index contributed by atoms with van der Waals surface area (Å²) >= 11 is 3.18. The first kappa shape index (κ1) is 13.8. The van der Waals surface area contributed by atoms with Crippen molar-refractivity contribution in [2.24, 2.45) is 0 Å². The zero-order chi connectivity index (χ0) is 14.3. The molecule has 7 heteroatoms. The summed E-state index contributed by atoms with van der Waals surface area (Å²) in [5, 5.41) is 3.65. The molecule has 0 amide bonds. The van der Waals surface area contributed by atoms with Gasteiger partial charge >= 0.3 is 0 Å². The predicted octanol–water partition coefficient (Wildman–Crippen LogP) is 3.05. The Morgan fingerprint density at radius 1 is 1.38 bits per heavy atom. The normalized spacial score (nSPS) is 24.3. The van der Waals surface area contributed by atoms with E-state index < -0.39 is 0 Å². The third-order valence-corrected chi connectivity index (χ3v) is 5.80. The van der Waals surface area contributed by atoms with Crippen molar-refractivity contribution in [3.8, 4) is 0 Å². The van der Waals surface area contributed by atoms with E-state index in [2.05, 4.69) is 9.97 Å². The summed E-state index contributed by atoms with van der Waals surface area (Å²) in [6.45, 7) is 0.670. The summed E-state index contributed by atoms with van der Waals surface area (Å²) < 4.78 is 12.0. The van der Waals surface area contributed by atoms with E-state index in [-0.39, 0.29) is 11.9 Å². The van der Waals surface area contributed by atoms with Crippen molar-refractivity contribution in [2.45, 2.75) is 42.7 Å². The third-order valence-electron chi connectivity index (χ3n) is 4.01. The van der Waals surface area contributed by atoms with Crippen molar-refractivity contribution in [2.75, 3.05) is 18.1 Å². The number of aromatic nitrogens is 2. The molecule has 3 heterocycles. The highest BCUT2D eigenvalue weighted by atomic mass is 32.2. The molecule has 1 saturated carbocycles. The van der Waals surface area contributed by atoms with Crippen LogP contribution < -0.4 is 5.73 Å². The molecule has 0 radical (unpaired) electrons. The van der Waals surface area contributed by atoms with Crippen molar-refractivity contribution in [3.05, 3.63) is 11.4 Å². The molecule has 1 atom stereocenters. The van der Waals surface area contributed by atoms with Gasteiger partial charge in [0.25, 0.3) is 0 Å². The molecule has 2 aromatic heterocycles. The van der Waals surface area contributed by atoms with E-state index in [0.29, 0.717) is 12.4 Å². The van der Waals surface area contributed by atoms with Crippen LogP contribution in [0.15, 0.2) is 16.6 Å². The smallest absolute Gasteiger partial charge is 0.190 e. The number of nitrogens with two attached hydrogens (primary N) is 1. The van der Waals surface area contributed by atoms with Gasteiger partial charge in [0.2, 0.25) is 0 Å². The first-order valence-electron chi connectivity index (χ1n) is 7.19. The summed E-state index contributed by atoms with van der Waals surface area (Å²) in [7, 11) is 0. The fraction of sp³-hybridized carbons (Fsp3) is 0.571. The number of hydrogen-bond acceptors (Lipinski definition) is 7. The maximum Gasteiger partial charge on any atom is 0.190 e. The standard InChI is InChI=1S/C14H17N3O2S2/c15-11-10-3-6-20-12(10)17-13(16-11)21-8-9-7-18-14(19-9)4-1-2-5-14/h3,6,9H,1-2,4-5,7-8H2,(H2,15,16,17). The summed E-state index contributed by atoms with van der Waals surface area (Å²) in [6.07, 6.45) is 4.58. The van der Waals surface area contributed by atoms with Gasteiger partial charge in [-0.15, -0.1) is 11.3 Å². The van der Waals surface area contributed by atoms with Gasteiger partial charge in [0.1, 0.15) is 10.6 Å². The Morgan fingerprint density at radius 3 is 3.10 bits per heavy atom. The molecule has 4 rings (SSSR count). The minimum absolute atomic E-state index is 0.122. The van der Waals surface area contributed by atoms with Crippen LogP contribution in [0.25, 0.3) is 10.2 Å². The molecular weight excluding hydrogens is 306 g/mol. The molecule has 5 nitrogen and oxygen atoms in total. The van der Waals surface area contributed by atoms with Crippen molar-refractivity contribution in [1.82, 2.24) is 9.97 Å². The molecule has 2 fully saturated rings. The Bertz CT molecular complexity index is 655. The largest absolute Gasteiger partial charge is 0.383 e. The highest BCUT2D eigenvalue weighted by Gasteiger charge is 2.43. The van der Waals surface area contributed by atoms with Gasteiger partial charge in [-0.2, -0.15) is 0 Å². The monoisotopic (exact) mass is 323 g/mol. The van der Waals surface area contributed by atoms with Crippen LogP contribution in [0.4, 0.5) is 5.82 Å². The molecule has 1 aliphatic heterocycles. The molecule has 1 unspecified atom stereocenters. The Balaban J connectivity index is 1.42. The Labute approximate surface area is 131 Å². The van der Waals surface area contributed by atoms with Crippen LogP contribution in [-0.4, -0.2) is 34.2 Å². The number of rotatable bonds is 3. The molecule has 112 valence electrons. The van der Waals surface area contributed by atoms with E-state index >= 15 is 0 Å². The number of nitrogen functional groups attached to an aromatic ring is 1. The SMILES string of the molecule is Nc1nc(SCC2COC3(CCCC3)O2)nc2sccc12. The molecule has 2 N–H and O–H groups in total. The average Bonchev–Trinajstić information content (AvgIpc) is 3.19. The molecule has 1 aliphatic carbocycles. The maximum absolute atomic E-state index is 6.11. The highest BCUT2D eigenvalue weighted by molar-refractivity contribution is 7.99. The third kappa shape index (κ3) is 2.63. The second-order valence-electron chi connectivity index (χ2n) is 5.51. The first-order valence-corrected chi connectivity index (χ1v) is 9.06. The average molecular weight is 323 g/mol. The number of ether oxygens (including phenoxy) is 2. The van der Waals surface area contributed by atoms with Crippen LogP contribution in [0.3, 0.4) is 0 Å². The minimum Gasteiger partial charge on any atom is -0.383 e. The quantitative estimate of drug-likeness (QED) is 0.691. The predicted molar refractivity (Wildman–Crippen MR) is 84.6 cm³/mol. The Hall–Kier alpha value is -0.890. The fourth-order valence-electron chi connectivity index (χ4n) is 2.96. The lowest BCUT2D eigenvalue weighted by Crippen LogP contribution is -2.27. The summed E-state index contributed by atoms with van der Waals surface area (Å²) in [5.74, 6) is 1.07. The lowest BCUT2D eigenvalue weighted by molar-refractivity contribution is -0.159. The van der Waals surface area contributed by atoms with E-state index in [9.17, 15) is 0 Å². The van der Waals surface area contributed by atoms with E-state index in [4.69, 9.17) is 15.2 Å². The van der Waals surface area contributed by atoms with E-state index in [1.807, 2.05) is 11.4 Å². The van der Waals surface area contributed by atoms with Crippen LogP contribution >= 0.6 is 23.1 Å². The van der Waals surface area contributed by atoms with Crippen molar-refractivity contribution >= 4 is 39.1 Å². The van der Waals surface area contributed by atoms with Crippen LogP contribution in [0, 0.1) is 0 Å². The van der Waals surface area contributed by atoms with E-state index in [1.165, 1.54) is 12.8 Å². The van der Waals surface area contributed by atoms with Gasteiger partial charge in [0.15, 0.2) is 10.9 Å². The van der Waals surface area contributed by atoms with Gasteiger partial charge in [-0.25, -0.2) is 9.97 Å². The van der Waals surface area contributed by atoms with Gasteiger partial charge in [-0.1, -0.05) is 11.8 Å². The molecule has 0 bridgehead atoms. The van der Waals surface area contributed by atoms with E-state index in [1.54, 1.807) is 23.1 Å². The van der Waals surface area contributed by atoms with Crippen LogP contribution in [0.1, 0.15) is 25.7 Å². The number of hydrogen-bond donors (Lipinski definition) is 1. The minimum atomic E-state index is -0.289. The molecule has 21 heavy (non-hydrogen) atoms. The zero-order valence-electron chi connectivity index (χ0n) is 11.6. The van der Waals surface area contributed by atoms with Crippen molar-refractivity contribution < 1.29 is 9.47 Å². The summed E-state index contributed by atoms with van der Waals surface area (Å²) in [5.41, 5.74) is 5.97. The number of thioether (sulfide) groups is 1. The second kappa shape index (κ2) is 5.39. The topological polar surface area (TPSA) is 70.3 Å². The van der Waals surface area contributed by atoms with Crippen LogP contribution in [-0.2, 0) is 9.47 Å². The number of nitrogens with zero attached hydrogens (tertiary/aromatic N) is 2. The highest BCUT2D eigenvalue weighted by Crippen LogP contribution is 2.40. The number of fused-ring (bicyclic) bond motifs is 1.